The predicted octanol–water partition coefficient (Wildman–Crippen LogP) is 3.55. The molecule has 5 heteroatoms. The fraction of sp³-hybridized carbons (Fsp3) is 0.304. The van der Waals surface area contributed by atoms with Crippen molar-refractivity contribution in [1.29, 1.82) is 0 Å². The number of hydrogen-bond donors (Lipinski definition) is 1. The summed E-state index contributed by atoms with van der Waals surface area (Å²) in [5.41, 5.74) is 2.69. The highest BCUT2D eigenvalue weighted by molar-refractivity contribution is 5.94. The second kappa shape index (κ2) is 10.9. The lowest BCUT2D eigenvalue weighted by Crippen LogP contribution is -2.22. The molecule has 5 nitrogen and oxygen atoms in total. The number of unbranched alkanes of at least 4 members (excludes halogenated alkanes) is 1. The third-order valence-corrected chi connectivity index (χ3v) is 4.36. The van der Waals surface area contributed by atoms with E-state index in [9.17, 15) is 9.59 Å². The minimum atomic E-state index is -0.120. The summed E-state index contributed by atoms with van der Waals surface area (Å²) in [5.74, 6) is 0.750. The molecule has 2 rings (SSSR count). The molecule has 1 N–H and O–H groups in total. The number of amides is 2. The van der Waals surface area contributed by atoms with Gasteiger partial charge in [0.25, 0.3) is 5.91 Å². The van der Waals surface area contributed by atoms with Crippen LogP contribution in [0.2, 0.25) is 0 Å². The molecule has 0 aliphatic rings. The van der Waals surface area contributed by atoms with E-state index in [1.54, 1.807) is 39.4 Å². The topological polar surface area (TPSA) is 58.6 Å². The van der Waals surface area contributed by atoms with E-state index in [4.69, 9.17) is 4.74 Å². The summed E-state index contributed by atoms with van der Waals surface area (Å²) in [6.07, 6.45) is 6.07. The van der Waals surface area contributed by atoms with Crippen LogP contribution in [0, 0.1) is 0 Å². The largest absolute Gasteiger partial charge is 0.496 e. The Morgan fingerprint density at radius 1 is 1.04 bits per heavy atom. The molecule has 0 radical (unpaired) electrons. The number of nitrogens with one attached hydrogen (secondary N) is 1. The molecule has 0 heterocycles. The molecule has 0 unspecified atom stereocenters. The number of para-hydroxylation sites is 1. The summed E-state index contributed by atoms with van der Waals surface area (Å²) < 4.78 is 5.35. The van der Waals surface area contributed by atoms with Crippen LogP contribution in [0.3, 0.4) is 0 Å². The van der Waals surface area contributed by atoms with Crippen molar-refractivity contribution >= 4 is 17.9 Å². The third kappa shape index (κ3) is 6.58. The lowest BCUT2D eigenvalue weighted by Gasteiger charge is -2.09. The van der Waals surface area contributed by atoms with E-state index in [0.29, 0.717) is 12.1 Å². The Labute approximate surface area is 167 Å². The first-order valence-electron chi connectivity index (χ1n) is 9.41. The number of aryl methyl sites for hydroxylation is 1. The average molecular weight is 380 g/mol. The number of carbonyl (C=O) groups is 2. The molecular formula is C23H28N2O3. The van der Waals surface area contributed by atoms with Gasteiger partial charge in [0.05, 0.1) is 7.11 Å². The van der Waals surface area contributed by atoms with Crippen molar-refractivity contribution < 1.29 is 14.3 Å². The number of ether oxygens (including phenoxy) is 1. The molecule has 0 spiro atoms. The zero-order chi connectivity index (χ0) is 20.4. The number of hydrogen-bond acceptors (Lipinski definition) is 3. The van der Waals surface area contributed by atoms with Gasteiger partial charge in [-0.05, 0) is 54.7 Å². The molecule has 148 valence electrons. The second-order valence-corrected chi connectivity index (χ2v) is 6.71. The van der Waals surface area contributed by atoms with Gasteiger partial charge in [-0.2, -0.15) is 0 Å². The fourth-order valence-corrected chi connectivity index (χ4v) is 2.79. The number of nitrogens with zero attached hydrogens (tertiary/aromatic N) is 1. The maximum atomic E-state index is 11.9. The number of benzene rings is 2. The fourth-order valence-electron chi connectivity index (χ4n) is 2.79. The molecule has 0 aromatic heterocycles. The first kappa shape index (κ1) is 21.2. The molecule has 0 aliphatic heterocycles. The lowest BCUT2D eigenvalue weighted by atomic mass is 10.1. The molecule has 0 saturated carbocycles. The first-order valence-corrected chi connectivity index (χ1v) is 9.41. The Bertz CT molecular complexity index is 811. The molecule has 2 aromatic carbocycles. The standard InChI is InChI=1S/C23H28N2O3/c1-25(2)23(27)20-14-11-18(12-15-20)13-16-22(26)24-17-7-6-9-19-8-4-5-10-21(19)28-3/h4-5,8,10-16H,6-7,9,17H2,1-3H3,(H,24,26)/b16-13+. The van der Waals surface area contributed by atoms with E-state index in [-0.39, 0.29) is 11.8 Å². The number of carbonyl (C=O) groups excluding carboxylic acids is 2. The van der Waals surface area contributed by atoms with Gasteiger partial charge in [0.2, 0.25) is 5.91 Å². The van der Waals surface area contributed by atoms with Crippen molar-refractivity contribution in [2.24, 2.45) is 0 Å². The van der Waals surface area contributed by atoms with E-state index in [1.807, 2.05) is 30.3 Å². The maximum Gasteiger partial charge on any atom is 0.253 e. The first-order chi connectivity index (χ1) is 13.5. The monoisotopic (exact) mass is 380 g/mol. The number of rotatable bonds is 9. The molecule has 2 aromatic rings. The number of methoxy groups -OCH3 is 1. The zero-order valence-electron chi connectivity index (χ0n) is 16.8. The van der Waals surface area contributed by atoms with Crippen molar-refractivity contribution in [3.05, 3.63) is 71.3 Å². The Morgan fingerprint density at radius 3 is 2.43 bits per heavy atom. The van der Waals surface area contributed by atoms with Gasteiger partial charge in [0.1, 0.15) is 5.75 Å². The Balaban J connectivity index is 1.71. The normalized spacial score (nSPS) is 10.7. The van der Waals surface area contributed by atoms with Gasteiger partial charge in [-0.3, -0.25) is 9.59 Å². The van der Waals surface area contributed by atoms with Crippen molar-refractivity contribution in [2.75, 3.05) is 27.7 Å². The van der Waals surface area contributed by atoms with Crippen molar-refractivity contribution in [3.63, 3.8) is 0 Å². The molecular weight excluding hydrogens is 352 g/mol. The molecule has 0 bridgehead atoms. The Hall–Kier alpha value is -3.08. The highest BCUT2D eigenvalue weighted by Gasteiger charge is 2.06. The molecule has 0 saturated heterocycles. The van der Waals surface area contributed by atoms with Crippen LogP contribution in [-0.4, -0.2) is 44.5 Å². The SMILES string of the molecule is COc1ccccc1CCCCNC(=O)/C=C/c1ccc(C(=O)N(C)C)cc1. The summed E-state index contributed by atoms with van der Waals surface area (Å²) in [4.78, 5) is 25.3. The van der Waals surface area contributed by atoms with Crippen molar-refractivity contribution in [3.8, 4) is 5.75 Å². The summed E-state index contributed by atoms with van der Waals surface area (Å²) in [5, 5.41) is 2.89. The van der Waals surface area contributed by atoms with Crippen LogP contribution in [0.25, 0.3) is 6.08 Å². The summed E-state index contributed by atoms with van der Waals surface area (Å²) in [6.45, 7) is 0.634. The van der Waals surface area contributed by atoms with Crippen LogP contribution in [0.5, 0.6) is 5.75 Å². The maximum absolute atomic E-state index is 11.9. The van der Waals surface area contributed by atoms with Crippen LogP contribution in [0.4, 0.5) is 0 Å². The van der Waals surface area contributed by atoms with Gasteiger partial charge in [-0.25, -0.2) is 0 Å². The predicted molar refractivity (Wildman–Crippen MR) is 112 cm³/mol. The Morgan fingerprint density at radius 2 is 1.75 bits per heavy atom. The van der Waals surface area contributed by atoms with Gasteiger partial charge in [-0.15, -0.1) is 0 Å². The van der Waals surface area contributed by atoms with Crippen molar-refractivity contribution in [2.45, 2.75) is 19.3 Å². The van der Waals surface area contributed by atoms with Crippen LogP contribution < -0.4 is 10.1 Å². The molecule has 0 aliphatic carbocycles. The highest BCUT2D eigenvalue weighted by atomic mass is 16.5. The second-order valence-electron chi connectivity index (χ2n) is 6.71. The third-order valence-electron chi connectivity index (χ3n) is 4.36. The zero-order valence-corrected chi connectivity index (χ0v) is 16.8. The Kier molecular flexibility index (Phi) is 8.28. The van der Waals surface area contributed by atoms with E-state index >= 15 is 0 Å². The minimum Gasteiger partial charge on any atom is -0.496 e. The molecule has 28 heavy (non-hydrogen) atoms. The van der Waals surface area contributed by atoms with E-state index in [0.717, 1.165) is 30.6 Å². The van der Waals surface area contributed by atoms with Gasteiger partial charge < -0.3 is 15.0 Å². The van der Waals surface area contributed by atoms with Crippen LogP contribution in [-0.2, 0) is 11.2 Å². The van der Waals surface area contributed by atoms with E-state index < -0.39 is 0 Å². The lowest BCUT2D eigenvalue weighted by molar-refractivity contribution is -0.116. The summed E-state index contributed by atoms with van der Waals surface area (Å²) in [7, 11) is 5.12. The van der Waals surface area contributed by atoms with Gasteiger partial charge >= 0.3 is 0 Å². The summed E-state index contributed by atoms with van der Waals surface area (Å²) in [6, 6.07) is 15.2. The van der Waals surface area contributed by atoms with Crippen LogP contribution in [0.1, 0.15) is 34.3 Å². The van der Waals surface area contributed by atoms with Crippen LogP contribution >= 0.6 is 0 Å². The molecule has 0 fully saturated rings. The van der Waals surface area contributed by atoms with E-state index in [1.165, 1.54) is 16.5 Å². The highest BCUT2D eigenvalue weighted by Crippen LogP contribution is 2.19. The van der Waals surface area contributed by atoms with E-state index in [2.05, 4.69) is 11.4 Å². The quantitative estimate of drug-likeness (QED) is 0.535. The van der Waals surface area contributed by atoms with Gasteiger partial charge in [0.15, 0.2) is 0 Å². The van der Waals surface area contributed by atoms with Crippen LogP contribution in [0.15, 0.2) is 54.6 Å². The minimum absolute atomic E-state index is 0.0404. The molecule has 0 atom stereocenters. The average Bonchev–Trinajstić information content (AvgIpc) is 2.72. The van der Waals surface area contributed by atoms with Gasteiger partial charge in [0, 0.05) is 32.3 Å². The molecule has 2 amide bonds. The summed E-state index contributed by atoms with van der Waals surface area (Å²) >= 11 is 0. The smallest absolute Gasteiger partial charge is 0.253 e. The van der Waals surface area contributed by atoms with Gasteiger partial charge in [-0.1, -0.05) is 30.3 Å². The van der Waals surface area contributed by atoms with Crippen molar-refractivity contribution in [1.82, 2.24) is 10.2 Å².